The van der Waals surface area contributed by atoms with Crippen LogP contribution in [0.25, 0.3) is 5.69 Å². The third-order valence-corrected chi connectivity index (χ3v) is 5.63. The van der Waals surface area contributed by atoms with Crippen LogP contribution in [0.3, 0.4) is 0 Å². The van der Waals surface area contributed by atoms with E-state index in [1.54, 1.807) is 0 Å². The van der Waals surface area contributed by atoms with Crippen LogP contribution in [0.1, 0.15) is 30.8 Å². The Morgan fingerprint density at radius 2 is 2.08 bits per heavy atom. The van der Waals surface area contributed by atoms with Crippen LogP contribution in [0.15, 0.2) is 48.0 Å². The molecule has 1 saturated carbocycles. The molecule has 3 aromatic rings. The summed E-state index contributed by atoms with van der Waals surface area (Å²) in [4.78, 5) is 11.0. The fourth-order valence-corrected chi connectivity index (χ4v) is 4.01. The highest BCUT2D eigenvalue weighted by Gasteiger charge is 2.40. The molecule has 1 aliphatic carbocycles. The minimum absolute atomic E-state index is 0.118. The third kappa shape index (κ3) is 1.84. The first-order valence-corrected chi connectivity index (χ1v) is 8.94. The Kier molecular flexibility index (Phi) is 2.67. The van der Waals surface area contributed by atoms with E-state index in [4.69, 9.17) is 4.99 Å². The lowest BCUT2D eigenvalue weighted by atomic mass is 10.1. The van der Waals surface area contributed by atoms with E-state index in [2.05, 4.69) is 43.9 Å². The van der Waals surface area contributed by atoms with E-state index in [0.717, 1.165) is 41.0 Å². The van der Waals surface area contributed by atoms with Crippen molar-refractivity contribution in [2.45, 2.75) is 25.9 Å². The molecule has 0 bridgehead atoms. The molecule has 1 aromatic carbocycles. The van der Waals surface area contributed by atoms with E-state index in [0.29, 0.717) is 0 Å². The highest BCUT2D eigenvalue weighted by atomic mass is 15.9. The molecule has 2 aromatic heterocycles. The Labute approximate surface area is 150 Å². The van der Waals surface area contributed by atoms with Crippen LogP contribution < -0.4 is 10.1 Å². The molecule has 8 heteroatoms. The van der Waals surface area contributed by atoms with Crippen molar-refractivity contribution in [3.63, 3.8) is 0 Å². The normalized spacial score (nSPS) is 25.2. The summed E-state index contributed by atoms with van der Waals surface area (Å²) in [6, 6.07) is 8.31. The van der Waals surface area contributed by atoms with Crippen molar-refractivity contribution in [1.82, 2.24) is 24.7 Å². The maximum absolute atomic E-state index is 4.76. The molecule has 1 fully saturated rings. The summed E-state index contributed by atoms with van der Waals surface area (Å²) < 4.78 is 2.09. The molecule has 0 saturated heterocycles. The summed E-state index contributed by atoms with van der Waals surface area (Å²) in [6.07, 6.45) is 9.56. The largest absolute Gasteiger partial charge is 0.284 e. The van der Waals surface area contributed by atoms with E-state index < -0.39 is 0 Å². The highest BCUT2D eigenvalue weighted by molar-refractivity contribution is 5.78. The van der Waals surface area contributed by atoms with Crippen molar-refractivity contribution >= 4 is 12.2 Å². The van der Waals surface area contributed by atoms with Crippen LogP contribution in [-0.2, 0) is 6.42 Å². The lowest BCUT2D eigenvalue weighted by Gasteiger charge is -2.37. The van der Waals surface area contributed by atoms with Gasteiger partial charge in [-0.15, -0.1) is 9.89 Å². The van der Waals surface area contributed by atoms with Gasteiger partial charge in [-0.1, -0.05) is 25.1 Å². The third-order valence-electron chi connectivity index (χ3n) is 5.63. The first-order valence-electron chi connectivity index (χ1n) is 8.94. The second kappa shape index (κ2) is 4.94. The number of fused-ring (bicyclic) bond motifs is 6. The van der Waals surface area contributed by atoms with Crippen LogP contribution in [0.5, 0.6) is 0 Å². The number of aromatic nitrogens is 5. The molecule has 8 nitrogen and oxygen atoms in total. The van der Waals surface area contributed by atoms with Crippen LogP contribution in [-0.4, -0.2) is 31.0 Å². The molecule has 3 unspecified atom stereocenters. The Bertz CT molecular complexity index is 1020. The number of hydrogen-bond donors (Lipinski definition) is 0. The summed E-state index contributed by atoms with van der Waals surface area (Å²) >= 11 is 0. The van der Waals surface area contributed by atoms with E-state index in [-0.39, 0.29) is 6.17 Å². The number of aliphatic imine (C=N–C) groups is 1. The molecule has 3 aliphatic rings. The van der Waals surface area contributed by atoms with Gasteiger partial charge < -0.3 is 0 Å². The zero-order chi connectivity index (χ0) is 17.3. The summed E-state index contributed by atoms with van der Waals surface area (Å²) in [5.41, 5.74) is 3.37. The summed E-state index contributed by atoms with van der Waals surface area (Å²) in [5.74, 6) is 2.49. The van der Waals surface area contributed by atoms with E-state index in [1.807, 2.05) is 47.1 Å². The van der Waals surface area contributed by atoms with Crippen molar-refractivity contribution in [3.05, 3.63) is 54.2 Å². The number of imidazole rings is 1. The van der Waals surface area contributed by atoms with Crippen molar-refractivity contribution in [2.75, 3.05) is 10.1 Å². The van der Waals surface area contributed by atoms with Gasteiger partial charge in [0, 0.05) is 5.56 Å². The van der Waals surface area contributed by atoms with E-state index >= 15 is 0 Å². The Hall–Kier alpha value is -3.16. The minimum Gasteiger partial charge on any atom is -0.284 e. The summed E-state index contributed by atoms with van der Waals surface area (Å²) in [6.45, 7) is 2.30. The van der Waals surface area contributed by atoms with Gasteiger partial charge in [0.15, 0.2) is 12.0 Å². The average molecular weight is 346 g/mol. The number of rotatable bonds is 3. The minimum atomic E-state index is -0.118. The molecule has 26 heavy (non-hydrogen) atoms. The highest BCUT2D eigenvalue weighted by Crippen LogP contribution is 2.42. The van der Waals surface area contributed by atoms with Crippen molar-refractivity contribution in [1.29, 1.82) is 0 Å². The van der Waals surface area contributed by atoms with Gasteiger partial charge in [0.2, 0.25) is 0 Å². The summed E-state index contributed by atoms with van der Waals surface area (Å²) in [5, 5.41) is 12.6. The second-order valence-electron chi connectivity index (χ2n) is 7.28. The van der Waals surface area contributed by atoms with Crippen LogP contribution in [0.2, 0.25) is 0 Å². The molecule has 130 valence electrons. The zero-order valence-electron chi connectivity index (χ0n) is 14.3. The first kappa shape index (κ1) is 14.1. The van der Waals surface area contributed by atoms with Crippen LogP contribution in [0, 0.1) is 11.8 Å². The average Bonchev–Trinajstić information content (AvgIpc) is 3.13. The topological polar surface area (TPSA) is 67.4 Å². The van der Waals surface area contributed by atoms with Crippen molar-refractivity contribution in [3.8, 4) is 5.69 Å². The lowest BCUT2D eigenvalue weighted by Crippen LogP contribution is -2.49. The monoisotopic (exact) mass is 346 g/mol. The van der Waals surface area contributed by atoms with Crippen LogP contribution in [0.4, 0.5) is 5.82 Å². The Morgan fingerprint density at radius 3 is 2.96 bits per heavy atom. The lowest BCUT2D eigenvalue weighted by molar-refractivity contribution is 0.519. The van der Waals surface area contributed by atoms with Crippen molar-refractivity contribution in [2.24, 2.45) is 16.8 Å². The molecule has 6 rings (SSSR count). The zero-order valence-corrected chi connectivity index (χ0v) is 14.3. The Balaban J connectivity index is 1.44. The SMILES string of the molecule is CC1CC1Cc1cnnn1N1C=NC2c3ccccc3-n3cncc3N21. The molecule has 0 spiro atoms. The van der Waals surface area contributed by atoms with Crippen LogP contribution >= 0.6 is 0 Å². The molecular weight excluding hydrogens is 328 g/mol. The number of anilines is 1. The standard InChI is InChI=1S/C18H18N8/c1-12-6-13(12)7-14-8-21-22-26(14)24-11-20-18-15-4-2-3-5-16(15)23-10-19-9-17(23)25(18)24/h2-5,8-13,18H,6-7H2,1H3. The number of nitrogens with zero attached hydrogens (tertiary/aromatic N) is 8. The quantitative estimate of drug-likeness (QED) is 0.726. The molecular formula is C18H18N8. The van der Waals surface area contributed by atoms with Gasteiger partial charge >= 0.3 is 0 Å². The van der Waals surface area contributed by atoms with Gasteiger partial charge in [-0.05, 0) is 36.0 Å². The van der Waals surface area contributed by atoms with Gasteiger partial charge in [-0.2, -0.15) is 5.12 Å². The predicted octanol–water partition coefficient (Wildman–Crippen LogP) is 2.08. The number of benzene rings is 1. The van der Waals surface area contributed by atoms with Gasteiger partial charge in [0.1, 0.15) is 12.7 Å². The van der Waals surface area contributed by atoms with Gasteiger partial charge in [0.25, 0.3) is 0 Å². The predicted molar refractivity (Wildman–Crippen MR) is 96.5 cm³/mol. The van der Waals surface area contributed by atoms with Gasteiger partial charge in [-0.3, -0.25) is 4.57 Å². The van der Waals surface area contributed by atoms with Gasteiger partial charge in [-0.25, -0.2) is 15.0 Å². The second-order valence-corrected chi connectivity index (χ2v) is 7.28. The maximum Gasteiger partial charge on any atom is 0.173 e. The fraction of sp³-hybridized carbons (Fsp3) is 0.333. The first-order chi connectivity index (χ1) is 12.8. The number of para-hydroxylation sites is 1. The fourth-order valence-electron chi connectivity index (χ4n) is 4.01. The number of hydrazine groups is 1. The Morgan fingerprint density at radius 1 is 1.19 bits per heavy atom. The molecule has 3 atom stereocenters. The van der Waals surface area contributed by atoms with E-state index in [9.17, 15) is 0 Å². The molecule has 4 heterocycles. The number of hydrogen-bond acceptors (Lipinski definition) is 6. The van der Waals surface area contributed by atoms with Crippen molar-refractivity contribution < 1.29 is 0 Å². The summed E-state index contributed by atoms with van der Waals surface area (Å²) in [7, 11) is 0. The smallest absolute Gasteiger partial charge is 0.173 e. The molecule has 0 N–H and O–H groups in total. The molecule has 0 radical (unpaired) electrons. The van der Waals surface area contributed by atoms with Gasteiger partial charge in [0.05, 0.1) is 23.8 Å². The van der Waals surface area contributed by atoms with E-state index in [1.165, 1.54) is 6.42 Å². The maximum atomic E-state index is 4.76. The molecule has 0 amide bonds. The molecule has 2 aliphatic heterocycles.